The zero-order valence-electron chi connectivity index (χ0n) is 22.9. The summed E-state index contributed by atoms with van der Waals surface area (Å²) >= 11 is 0. The molecule has 0 saturated heterocycles. The lowest BCUT2D eigenvalue weighted by Crippen LogP contribution is -2.68. The normalized spacial score (nSPS) is 30.1. The van der Waals surface area contributed by atoms with E-state index in [1.165, 1.54) is 31.1 Å². The number of phenolic OH excluding ortho intramolecular Hbond substituents is 1. The number of Topliss-reactive ketones (excluding diaryl/α,β-unsaturated/α-hetero) is 2. The van der Waals surface area contributed by atoms with Gasteiger partial charge in [0.1, 0.15) is 17.1 Å². The number of aliphatic hydroxyl groups is 4. The van der Waals surface area contributed by atoms with Crippen LogP contribution in [0.5, 0.6) is 5.75 Å². The van der Waals surface area contributed by atoms with Crippen molar-refractivity contribution < 1.29 is 44.7 Å². The Bertz CT molecular complexity index is 1410. The van der Waals surface area contributed by atoms with Crippen molar-refractivity contribution in [2.45, 2.75) is 56.9 Å². The molecule has 0 spiro atoms. The number of fused-ring (bicyclic) bond motifs is 3. The first-order chi connectivity index (χ1) is 18.4. The fourth-order valence-electron chi connectivity index (χ4n) is 6.22. The molecule has 0 fully saturated rings. The highest BCUT2D eigenvalue weighted by molar-refractivity contribution is 6.25. The minimum absolute atomic E-state index is 0.113. The van der Waals surface area contributed by atoms with Crippen molar-refractivity contribution in [2.24, 2.45) is 17.6 Å². The second kappa shape index (κ2) is 9.32. The van der Waals surface area contributed by atoms with Gasteiger partial charge in [-0.3, -0.25) is 19.3 Å². The Hall–Kier alpha value is -3.94. The third-order valence-corrected chi connectivity index (χ3v) is 7.87. The number of rotatable bonds is 3. The monoisotopic (exact) mass is 558 g/mol. The highest BCUT2D eigenvalue weighted by Gasteiger charge is 2.67. The van der Waals surface area contributed by atoms with E-state index in [0.29, 0.717) is 0 Å². The lowest BCUT2D eigenvalue weighted by atomic mass is 9.55. The lowest BCUT2D eigenvalue weighted by Gasteiger charge is -2.53. The first-order valence-electron chi connectivity index (χ1n) is 12.6. The first kappa shape index (κ1) is 29.1. The highest BCUT2D eigenvalue weighted by atomic mass is 16.4. The van der Waals surface area contributed by atoms with Crippen LogP contribution in [-0.2, 0) is 9.59 Å². The van der Waals surface area contributed by atoms with Crippen LogP contribution in [0, 0.1) is 11.8 Å². The molecule has 0 radical (unpaired) electrons. The van der Waals surface area contributed by atoms with E-state index in [2.05, 4.69) is 10.6 Å². The van der Waals surface area contributed by atoms with Gasteiger partial charge in [0.05, 0.1) is 29.3 Å². The van der Waals surface area contributed by atoms with Crippen molar-refractivity contribution in [3.63, 3.8) is 0 Å². The maximum atomic E-state index is 13.9. The number of primary amides is 1. The summed E-state index contributed by atoms with van der Waals surface area (Å²) in [6.07, 6.45) is -1.69. The Morgan fingerprint density at radius 2 is 1.70 bits per heavy atom. The molecule has 9 N–H and O–H groups in total. The van der Waals surface area contributed by atoms with Gasteiger partial charge in [0.25, 0.3) is 5.91 Å². The van der Waals surface area contributed by atoms with Gasteiger partial charge in [-0.25, -0.2) is 4.79 Å². The molecular weight excluding hydrogens is 524 g/mol. The van der Waals surface area contributed by atoms with Crippen molar-refractivity contribution in [2.75, 3.05) is 19.4 Å². The quantitative estimate of drug-likeness (QED) is 0.190. The van der Waals surface area contributed by atoms with Gasteiger partial charge in [0.15, 0.2) is 17.1 Å². The Labute approximate surface area is 230 Å². The van der Waals surface area contributed by atoms with Crippen LogP contribution in [0.15, 0.2) is 34.8 Å². The van der Waals surface area contributed by atoms with Crippen LogP contribution in [0.4, 0.5) is 10.5 Å². The average Bonchev–Trinajstić information content (AvgIpc) is 2.81. The van der Waals surface area contributed by atoms with Crippen molar-refractivity contribution in [1.29, 1.82) is 0 Å². The van der Waals surface area contributed by atoms with Crippen LogP contribution in [0.25, 0.3) is 0 Å². The number of anilines is 1. The second-order valence-corrected chi connectivity index (χ2v) is 11.8. The van der Waals surface area contributed by atoms with Crippen molar-refractivity contribution in [1.82, 2.24) is 10.2 Å². The number of hydrogen-bond acceptors (Lipinski definition) is 10. The van der Waals surface area contributed by atoms with Gasteiger partial charge >= 0.3 is 6.03 Å². The third-order valence-electron chi connectivity index (χ3n) is 7.87. The summed E-state index contributed by atoms with van der Waals surface area (Å²) in [4.78, 5) is 53.2. The number of benzene rings is 1. The van der Waals surface area contributed by atoms with Crippen LogP contribution in [0.3, 0.4) is 0 Å². The van der Waals surface area contributed by atoms with E-state index in [9.17, 15) is 44.7 Å². The number of hydrogen-bond donors (Lipinski definition) is 8. The molecular formula is C27H34N4O9. The molecule has 0 aromatic heterocycles. The van der Waals surface area contributed by atoms with Gasteiger partial charge in [0.2, 0.25) is 5.78 Å². The van der Waals surface area contributed by atoms with Crippen LogP contribution in [-0.4, -0.2) is 91.3 Å². The summed E-state index contributed by atoms with van der Waals surface area (Å²) in [5.74, 6) is -9.85. The molecule has 3 aliphatic carbocycles. The first-order valence-corrected chi connectivity index (χ1v) is 12.6. The number of nitrogens with one attached hydrogen (secondary N) is 2. The number of nitrogens with zero attached hydrogens (tertiary/aromatic N) is 1. The number of aromatic hydroxyl groups is 1. The van der Waals surface area contributed by atoms with Gasteiger partial charge in [-0.15, -0.1) is 0 Å². The average molecular weight is 559 g/mol. The van der Waals surface area contributed by atoms with E-state index < -0.39 is 93.0 Å². The minimum atomic E-state index is -3.00. The van der Waals surface area contributed by atoms with Gasteiger partial charge < -0.3 is 41.9 Å². The summed E-state index contributed by atoms with van der Waals surface area (Å²) in [5.41, 5.74) is 0.102. The molecule has 0 heterocycles. The van der Waals surface area contributed by atoms with Crippen LogP contribution in [0.1, 0.15) is 49.5 Å². The largest absolute Gasteiger partial charge is 0.510 e. The topological polar surface area (TPSA) is 223 Å². The molecule has 0 aliphatic heterocycles. The van der Waals surface area contributed by atoms with Crippen molar-refractivity contribution in [3.8, 4) is 5.75 Å². The molecule has 40 heavy (non-hydrogen) atoms. The molecule has 1 aromatic carbocycles. The standard InChI is InChI=1S/C27H34N4O9/c1-9-10-7-8-11(29-25(39)30-26(2,3)4)18(32)13(10)19(33)14-12(9)20(34)16-17(31(5)6)21(35)15(24(28)38)23(37)27(16,40)22(14)36/h7-9,12,16-17,20,32,34-36,40H,1-6H3,(H2,28,38)(H2,29,30,39)/t9-,12+,16+,17-,20-,27-/m0/s1. The Morgan fingerprint density at radius 1 is 1.10 bits per heavy atom. The number of aliphatic hydroxyl groups excluding tert-OH is 3. The van der Waals surface area contributed by atoms with Gasteiger partial charge in [-0.1, -0.05) is 13.0 Å². The molecule has 1 aromatic rings. The molecule has 0 bridgehead atoms. The van der Waals surface area contributed by atoms with Crippen LogP contribution < -0.4 is 16.4 Å². The number of nitrogens with two attached hydrogens (primary N) is 1. The zero-order chi connectivity index (χ0) is 30.2. The van der Waals surface area contributed by atoms with Gasteiger partial charge in [-0.2, -0.15) is 0 Å². The fraction of sp³-hybridized carbons (Fsp3) is 0.481. The lowest BCUT2D eigenvalue weighted by molar-refractivity contribution is -0.162. The van der Waals surface area contributed by atoms with Crippen LogP contribution >= 0.6 is 0 Å². The SMILES string of the molecule is C[C@H]1c2ccc(NC(=O)NC(C)(C)C)c(O)c2C(=O)C2=C(O)[C@]3(O)C(=O)C(C(N)=O)=C(O)[C@@H](N(C)C)[C@@H]3[C@@H](O)[C@@H]21. The predicted octanol–water partition coefficient (Wildman–Crippen LogP) is 0.572. The molecule has 4 rings (SSSR count). The van der Waals surface area contributed by atoms with Gasteiger partial charge in [-0.05, 0) is 52.4 Å². The van der Waals surface area contributed by atoms with E-state index in [0.717, 1.165) is 0 Å². The van der Waals surface area contributed by atoms with Crippen LogP contribution in [0.2, 0.25) is 0 Å². The number of urea groups is 1. The van der Waals surface area contributed by atoms with Gasteiger partial charge in [0, 0.05) is 17.0 Å². The predicted molar refractivity (Wildman–Crippen MR) is 142 cm³/mol. The number of likely N-dealkylation sites (N-methyl/N-ethyl adjacent to an activating group) is 1. The Morgan fingerprint density at radius 3 is 2.23 bits per heavy atom. The van der Waals surface area contributed by atoms with E-state index in [1.807, 2.05) is 0 Å². The van der Waals surface area contributed by atoms with E-state index in [1.54, 1.807) is 27.7 Å². The summed E-state index contributed by atoms with van der Waals surface area (Å²) in [6, 6.07) is 0.885. The Balaban J connectivity index is 1.92. The van der Waals surface area contributed by atoms with E-state index >= 15 is 0 Å². The zero-order valence-corrected chi connectivity index (χ0v) is 22.9. The fourth-order valence-corrected chi connectivity index (χ4v) is 6.22. The third kappa shape index (κ3) is 4.03. The summed E-state index contributed by atoms with van der Waals surface area (Å²) in [7, 11) is 2.93. The maximum absolute atomic E-state index is 13.9. The molecule has 13 heteroatoms. The molecule has 6 atom stereocenters. The maximum Gasteiger partial charge on any atom is 0.319 e. The molecule has 0 unspecified atom stereocenters. The number of phenols is 1. The second-order valence-electron chi connectivity index (χ2n) is 11.8. The Kier molecular flexibility index (Phi) is 6.77. The molecule has 13 nitrogen and oxygen atoms in total. The number of carbonyl (C=O) groups is 4. The number of carbonyl (C=O) groups excluding carboxylic acids is 4. The summed E-state index contributed by atoms with van der Waals surface area (Å²) < 4.78 is 0. The smallest absolute Gasteiger partial charge is 0.319 e. The molecule has 3 aliphatic rings. The molecule has 0 saturated carbocycles. The molecule has 216 valence electrons. The van der Waals surface area contributed by atoms with E-state index in [4.69, 9.17) is 5.73 Å². The summed E-state index contributed by atoms with van der Waals surface area (Å²) in [6.45, 7) is 6.87. The van der Waals surface area contributed by atoms with Crippen molar-refractivity contribution >= 4 is 29.2 Å². The van der Waals surface area contributed by atoms with E-state index in [-0.39, 0.29) is 16.8 Å². The number of ketones is 2. The minimum Gasteiger partial charge on any atom is -0.510 e. The summed E-state index contributed by atoms with van der Waals surface area (Å²) in [5, 5.41) is 61.8. The van der Waals surface area contributed by atoms with Crippen molar-refractivity contribution in [3.05, 3.63) is 45.9 Å². The number of amides is 3. The molecule has 3 amide bonds. The highest BCUT2D eigenvalue weighted by Crippen LogP contribution is 2.56.